The van der Waals surface area contributed by atoms with Crippen LogP contribution in [0.1, 0.15) is 51.3 Å². The van der Waals surface area contributed by atoms with Crippen LogP contribution in [0.25, 0.3) is 16.8 Å². The molecule has 2 heterocycles. The van der Waals surface area contributed by atoms with E-state index in [-0.39, 0.29) is 11.5 Å². The van der Waals surface area contributed by atoms with Gasteiger partial charge in [0.25, 0.3) is 11.5 Å². The molecule has 0 spiro atoms. The van der Waals surface area contributed by atoms with Gasteiger partial charge in [-0.2, -0.15) is 0 Å². The monoisotopic (exact) mass is 569 g/mol. The van der Waals surface area contributed by atoms with E-state index in [1.807, 2.05) is 87.5 Å². The number of ether oxygens (including phenoxy) is 2. The van der Waals surface area contributed by atoms with Gasteiger partial charge in [0.05, 0.1) is 29.5 Å². The van der Waals surface area contributed by atoms with E-state index in [2.05, 4.69) is 6.92 Å². The number of hydrogen-bond acceptors (Lipinski definition) is 6. The van der Waals surface area contributed by atoms with Gasteiger partial charge in [-0.25, -0.2) is 4.99 Å². The Labute approximate surface area is 243 Å². The predicted molar refractivity (Wildman–Crippen MR) is 164 cm³/mol. The molecule has 0 fully saturated rings. The molecule has 0 saturated carbocycles. The third kappa shape index (κ3) is 5.32. The lowest BCUT2D eigenvalue weighted by atomic mass is 9.90. The van der Waals surface area contributed by atoms with Crippen molar-refractivity contribution >= 4 is 34.1 Å². The Kier molecular flexibility index (Phi) is 8.40. The van der Waals surface area contributed by atoms with Crippen molar-refractivity contribution in [1.82, 2.24) is 9.47 Å². The van der Waals surface area contributed by atoms with Gasteiger partial charge in [0.1, 0.15) is 17.5 Å². The number of methoxy groups -OCH3 is 1. The SMILES string of the molecule is CCCOc1ccc(/C=c2\sc3n(c2=O)[C@H](c2c(OC)ccc4ccccc24)C(C(=O)N(CC)CC)=C(C)N=3)cc1. The van der Waals surface area contributed by atoms with Crippen LogP contribution in [0.3, 0.4) is 0 Å². The van der Waals surface area contributed by atoms with Gasteiger partial charge in [0.2, 0.25) is 0 Å². The number of fused-ring (bicyclic) bond motifs is 2. The highest BCUT2D eigenvalue weighted by Crippen LogP contribution is 2.40. The molecule has 8 heteroatoms. The van der Waals surface area contributed by atoms with E-state index in [1.165, 1.54) is 11.3 Å². The number of amides is 1. The summed E-state index contributed by atoms with van der Waals surface area (Å²) in [6.45, 7) is 9.59. The predicted octanol–water partition coefficient (Wildman–Crippen LogP) is 5.05. The fourth-order valence-electron chi connectivity index (χ4n) is 5.32. The summed E-state index contributed by atoms with van der Waals surface area (Å²) in [6, 6.07) is 18.9. The summed E-state index contributed by atoms with van der Waals surface area (Å²) in [5, 5.41) is 1.92. The van der Waals surface area contributed by atoms with Crippen LogP contribution >= 0.6 is 11.3 Å². The van der Waals surface area contributed by atoms with Crippen LogP contribution in [-0.4, -0.2) is 42.2 Å². The van der Waals surface area contributed by atoms with Crippen molar-refractivity contribution in [3.05, 3.63) is 103 Å². The van der Waals surface area contributed by atoms with E-state index in [0.29, 0.717) is 46.0 Å². The van der Waals surface area contributed by atoms with E-state index < -0.39 is 6.04 Å². The minimum Gasteiger partial charge on any atom is -0.496 e. The van der Waals surface area contributed by atoms with Crippen LogP contribution in [-0.2, 0) is 4.79 Å². The lowest BCUT2D eigenvalue weighted by Gasteiger charge is -2.30. The van der Waals surface area contributed by atoms with Gasteiger partial charge < -0.3 is 14.4 Å². The number of carbonyl (C=O) groups is 1. The number of nitrogens with zero attached hydrogens (tertiary/aromatic N) is 3. The van der Waals surface area contributed by atoms with Crippen LogP contribution in [0.2, 0.25) is 0 Å². The number of aromatic nitrogens is 1. The van der Waals surface area contributed by atoms with Crippen LogP contribution in [0.4, 0.5) is 0 Å². The lowest BCUT2D eigenvalue weighted by molar-refractivity contribution is -0.127. The van der Waals surface area contributed by atoms with Gasteiger partial charge in [0.15, 0.2) is 4.80 Å². The van der Waals surface area contributed by atoms with E-state index in [4.69, 9.17) is 14.5 Å². The summed E-state index contributed by atoms with van der Waals surface area (Å²) in [7, 11) is 1.62. The normalized spacial score (nSPS) is 15.0. The van der Waals surface area contributed by atoms with E-state index in [1.54, 1.807) is 16.6 Å². The molecular weight excluding hydrogens is 534 g/mol. The first-order chi connectivity index (χ1) is 19.9. The van der Waals surface area contributed by atoms with Crippen molar-refractivity contribution < 1.29 is 14.3 Å². The molecule has 212 valence electrons. The summed E-state index contributed by atoms with van der Waals surface area (Å²) in [5.41, 5.74) is 2.55. The summed E-state index contributed by atoms with van der Waals surface area (Å²) in [4.78, 5) is 35.4. The zero-order valence-corrected chi connectivity index (χ0v) is 25.0. The first kappa shape index (κ1) is 28.4. The number of hydrogen-bond donors (Lipinski definition) is 0. The number of allylic oxidation sites excluding steroid dienone is 1. The highest BCUT2D eigenvalue weighted by molar-refractivity contribution is 7.07. The Morgan fingerprint density at radius 3 is 2.46 bits per heavy atom. The smallest absolute Gasteiger partial charge is 0.271 e. The van der Waals surface area contributed by atoms with Crippen molar-refractivity contribution in [1.29, 1.82) is 0 Å². The lowest BCUT2D eigenvalue weighted by Crippen LogP contribution is -2.43. The first-order valence-electron chi connectivity index (χ1n) is 14.0. The average molecular weight is 570 g/mol. The van der Waals surface area contributed by atoms with Crippen molar-refractivity contribution in [2.75, 3.05) is 26.8 Å². The minimum atomic E-state index is -0.702. The number of benzene rings is 3. The van der Waals surface area contributed by atoms with E-state index in [9.17, 15) is 9.59 Å². The Hall–Kier alpha value is -4.17. The summed E-state index contributed by atoms with van der Waals surface area (Å²) >= 11 is 1.33. The summed E-state index contributed by atoms with van der Waals surface area (Å²) in [5.74, 6) is 1.28. The zero-order valence-electron chi connectivity index (χ0n) is 24.1. The molecule has 7 nitrogen and oxygen atoms in total. The minimum absolute atomic E-state index is 0.131. The Bertz CT molecular complexity index is 1800. The molecule has 0 bridgehead atoms. The topological polar surface area (TPSA) is 73.1 Å². The second-order valence-electron chi connectivity index (χ2n) is 9.88. The van der Waals surface area contributed by atoms with Crippen LogP contribution < -0.4 is 24.4 Å². The van der Waals surface area contributed by atoms with Gasteiger partial charge in [-0.1, -0.05) is 60.7 Å². The number of thiazole rings is 1. The third-order valence-corrected chi connectivity index (χ3v) is 8.36. The van der Waals surface area contributed by atoms with Gasteiger partial charge in [0, 0.05) is 18.7 Å². The molecule has 41 heavy (non-hydrogen) atoms. The molecule has 0 saturated heterocycles. The first-order valence-corrected chi connectivity index (χ1v) is 14.8. The van der Waals surface area contributed by atoms with E-state index >= 15 is 0 Å². The summed E-state index contributed by atoms with van der Waals surface area (Å²) in [6.07, 6.45) is 2.81. The second kappa shape index (κ2) is 12.1. The van der Waals surface area contributed by atoms with E-state index in [0.717, 1.165) is 34.1 Å². The molecule has 0 N–H and O–H groups in total. The number of likely N-dealkylation sites (N-methyl/N-ethyl adjacent to an activating group) is 1. The van der Waals surface area contributed by atoms with Crippen molar-refractivity contribution in [3.63, 3.8) is 0 Å². The fourth-order valence-corrected chi connectivity index (χ4v) is 6.36. The van der Waals surface area contributed by atoms with Gasteiger partial charge >= 0.3 is 0 Å². The quantitative estimate of drug-likeness (QED) is 0.283. The van der Waals surface area contributed by atoms with Crippen LogP contribution in [0, 0.1) is 0 Å². The Morgan fingerprint density at radius 2 is 1.78 bits per heavy atom. The summed E-state index contributed by atoms with van der Waals surface area (Å²) < 4.78 is 13.8. The Morgan fingerprint density at radius 1 is 1.05 bits per heavy atom. The molecule has 0 aliphatic carbocycles. The second-order valence-corrected chi connectivity index (χ2v) is 10.9. The van der Waals surface area contributed by atoms with Crippen molar-refractivity contribution in [2.24, 2.45) is 4.99 Å². The molecular formula is C33H35N3O4S. The standard InChI is InChI=1S/C33H35N3O4S/c1-6-19-40-24-16-13-22(14-17-24)20-27-31(37)36-30(29-25-12-10-9-11-23(25)15-18-26(29)39-5)28(21(4)34-33(36)41-27)32(38)35(7-2)8-3/h9-18,20,30H,6-8,19H2,1-5H3/b27-20-/t30-/m0/s1. The molecule has 1 atom stereocenters. The third-order valence-electron chi connectivity index (χ3n) is 7.38. The van der Waals surface area contributed by atoms with Gasteiger partial charge in [-0.15, -0.1) is 0 Å². The van der Waals surface area contributed by atoms with Gasteiger partial charge in [-0.05, 0) is 67.8 Å². The maximum atomic E-state index is 14.2. The number of rotatable bonds is 9. The molecule has 0 radical (unpaired) electrons. The average Bonchev–Trinajstić information content (AvgIpc) is 3.29. The highest BCUT2D eigenvalue weighted by Gasteiger charge is 2.36. The molecule has 1 amide bonds. The maximum absolute atomic E-state index is 14.2. The molecule has 5 rings (SSSR count). The zero-order chi connectivity index (χ0) is 29.1. The number of carbonyl (C=O) groups excluding carboxylic acids is 1. The van der Waals surface area contributed by atoms with Crippen molar-refractivity contribution in [2.45, 2.75) is 40.2 Å². The largest absolute Gasteiger partial charge is 0.496 e. The molecule has 3 aromatic carbocycles. The molecule has 1 aliphatic rings. The van der Waals surface area contributed by atoms with Crippen LogP contribution in [0.15, 0.2) is 81.7 Å². The molecule has 0 unspecified atom stereocenters. The maximum Gasteiger partial charge on any atom is 0.271 e. The Balaban J connectivity index is 1.76. The molecule has 1 aliphatic heterocycles. The van der Waals surface area contributed by atoms with Crippen molar-refractivity contribution in [3.8, 4) is 11.5 Å². The highest BCUT2D eigenvalue weighted by atomic mass is 32.1. The van der Waals surface area contributed by atoms with Gasteiger partial charge in [-0.3, -0.25) is 14.2 Å². The van der Waals surface area contributed by atoms with Crippen LogP contribution in [0.5, 0.6) is 11.5 Å². The fraction of sp³-hybridized carbons (Fsp3) is 0.303. The molecule has 1 aromatic heterocycles. The molecule has 4 aromatic rings.